The van der Waals surface area contributed by atoms with Crippen molar-refractivity contribution in [3.63, 3.8) is 0 Å². The molecule has 39 heteroatoms. The summed E-state index contributed by atoms with van der Waals surface area (Å²) in [6.45, 7) is 21.6. The van der Waals surface area contributed by atoms with Crippen LogP contribution in [0.15, 0.2) is 110 Å². The Morgan fingerprint density at radius 3 is 1.03 bits per heavy atom. The topological polar surface area (TPSA) is 441 Å². The van der Waals surface area contributed by atoms with E-state index in [0.29, 0.717) is 15.7 Å². The van der Waals surface area contributed by atoms with Crippen LogP contribution in [-0.2, 0) is 57.3 Å². The van der Waals surface area contributed by atoms with Gasteiger partial charge in [-0.1, -0.05) is 152 Å². The molecule has 5 heterocycles. The lowest BCUT2D eigenvalue weighted by Crippen LogP contribution is -2.21. The van der Waals surface area contributed by atoms with Crippen molar-refractivity contribution in [2.45, 2.75) is 103 Å². The minimum atomic E-state index is -0.969. The fourth-order valence-corrected chi connectivity index (χ4v) is 20.8. The van der Waals surface area contributed by atoms with Gasteiger partial charge < -0.3 is 78.4 Å². The molecule has 5 aliphatic rings. The van der Waals surface area contributed by atoms with Crippen LogP contribution in [0, 0.1) is 52.6 Å². The van der Waals surface area contributed by atoms with Crippen LogP contribution in [0.25, 0.3) is 9.69 Å². The van der Waals surface area contributed by atoms with Crippen LogP contribution in [0.3, 0.4) is 0 Å². The molecule has 0 spiro atoms. The average Bonchev–Trinajstić information content (AvgIpc) is 1.50. The van der Waals surface area contributed by atoms with Crippen molar-refractivity contribution in [3.05, 3.63) is 84.3 Å². The Kier molecular flexibility index (Phi) is 32.0. The highest BCUT2D eigenvalue weighted by atomic mass is 32.2. The van der Waals surface area contributed by atoms with Gasteiger partial charge >= 0.3 is 41.8 Å². The molecule has 0 amide bonds. The fourth-order valence-electron chi connectivity index (χ4n) is 7.67. The molecule has 101 heavy (non-hydrogen) atoms. The van der Waals surface area contributed by atoms with E-state index in [1.807, 2.05) is 6.07 Å². The van der Waals surface area contributed by atoms with Gasteiger partial charge in [0.2, 0.25) is 0 Å². The quantitative estimate of drug-likeness (QED) is 0.0110. The third-order valence-electron chi connectivity index (χ3n) is 12.0. The van der Waals surface area contributed by atoms with E-state index in [1.54, 1.807) is 58.9 Å². The zero-order valence-electron chi connectivity index (χ0n) is 53.4. The normalized spacial score (nSPS) is 14.2. The Balaban J connectivity index is 0.000000244. The molecule has 0 aliphatic carbocycles. The second-order valence-corrected chi connectivity index (χ2v) is 31.4. The number of rotatable bonds is 24. The molecule has 532 valence electrons. The Morgan fingerprint density at radius 1 is 0.436 bits per heavy atom. The van der Waals surface area contributed by atoms with Gasteiger partial charge in [-0.15, -0.1) is 0 Å². The summed E-state index contributed by atoms with van der Waals surface area (Å²) in [5.41, 5.74) is -1.99. The molecule has 0 unspecified atom stereocenters. The van der Waals surface area contributed by atoms with E-state index in [2.05, 4.69) is 9.69 Å². The molecule has 0 atom stereocenters. The summed E-state index contributed by atoms with van der Waals surface area (Å²) in [4.78, 5) is 109. The van der Waals surface area contributed by atoms with Gasteiger partial charge in [-0.2, -0.15) is 15.8 Å². The first-order valence-corrected chi connectivity index (χ1v) is 37.0. The highest BCUT2D eigenvalue weighted by Crippen LogP contribution is 2.70. The number of esters is 7. The van der Waals surface area contributed by atoms with Crippen molar-refractivity contribution >= 4 is 165 Å². The molecule has 0 saturated carbocycles. The van der Waals surface area contributed by atoms with Gasteiger partial charge in [0.1, 0.15) is 80.7 Å². The van der Waals surface area contributed by atoms with Crippen LogP contribution < -0.4 is 23.7 Å². The number of phenolic OH excluding ortho intramolecular Hbond substituents is 1. The number of aliphatic hydroxyl groups excluding tert-OH is 6. The van der Waals surface area contributed by atoms with Crippen molar-refractivity contribution in [3.8, 4) is 52.7 Å². The van der Waals surface area contributed by atoms with Crippen molar-refractivity contribution in [1.29, 1.82) is 15.8 Å². The van der Waals surface area contributed by atoms with E-state index in [0.717, 1.165) is 104 Å². The van der Waals surface area contributed by atoms with E-state index in [9.17, 15) is 59.2 Å². The van der Waals surface area contributed by atoms with Gasteiger partial charge in [0, 0.05) is 25.2 Å². The number of benzene rings is 3. The minimum Gasteiger partial charge on any atom is -0.505 e. The van der Waals surface area contributed by atoms with Crippen LogP contribution in [0.1, 0.15) is 54.4 Å². The first kappa shape index (κ1) is 82.4. The third kappa shape index (κ3) is 20.2. The number of nitrogens with zero attached hydrogens (tertiary/aromatic N) is 5. The van der Waals surface area contributed by atoms with Crippen LogP contribution in [0.2, 0.25) is 0 Å². The van der Waals surface area contributed by atoms with Gasteiger partial charge in [0.15, 0.2) is 34.2 Å². The van der Waals surface area contributed by atoms with E-state index >= 15 is 0 Å². The number of carbonyl (C=O) groups is 8. The summed E-state index contributed by atoms with van der Waals surface area (Å²) in [6.07, 6.45) is 0.0176. The number of aliphatic hydroxyl groups is 6. The number of carbonyl (C=O) groups excluding carboxylic acids is 8. The Morgan fingerprint density at radius 2 is 0.723 bits per heavy atom. The van der Waals surface area contributed by atoms with E-state index < -0.39 is 73.6 Å². The van der Waals surface area contributed by atoms with Crippen LogP contribution in [0.4, 0.5) is 0 Å². The molecule has 8 rings (SSSR count). The molecule has 5 aliphatic heterocycles. The smallest absolute Gasteiger partial charge is 0.350 e. The van der Waals surface area contributed by atoms with E-state index in [1.165, 1.54) is 30.4 Å². The number of allylic oxidation sites excluding steroid dienone is 1. The van der Waals surface area contributed by atoms with Crippen molar-refractivity contribution in [2.75, 3.05) is 79.3 Å². The summed E-state index contributed by atoms with van der Waals surface area (Å²) in [5.74, 6) is -4.98. The number of aromatic hydroxyl groups is 1. The maximum atomic E-state index is 12.6. The van der Waals surface area contributed by atoms with E-state index in [-0.39, 0.29) is 179 Å². The van der Waals surface area contributed by atoms with Crippen LogP contribution >= 0.6 is 118 Å². The summed E-state index contributed by atoms with van der Waals surface area (Å²) >= 11 is 9.92. The molecule has 7 N–H and O–H groups in total. The standard InChI is InChI=1S/C24H20N2O10S4.C20H14N2O9S4.C18H21NO5S2/c1-4-12(29)35-15-17-18(38-23(37-17)11(10-25)21(31)33-8-6-27)16(36-13(30)5-2)20-19(15)39-24(40-20)14(26-3)22(32)34-9-7-28;1-8(25)31-12-15-13(32-19(34-15)9(7-21)17(27)29-5-3-23)11(26)14-16(12)35-20(33-14)10(22-2)18(28)30-6-4-24;1-18(2,3)16(22)11(10-19)17-25-14-12(23-8-6-20)4-5-13(15(14)26-17)24-9-7-21/h27-28H,4-9H2,1-2H3;23-24,26H,3-6H2,1H3;4-5,20-21H,6-9H2,1-3H3/b;19-9+,20-10+;. The zero-order chi connectivity index (χ0) is 74.4. The van der Waals surface area contributed by atoms with Crippen molar-refractivity contribution in [2.24, 2.45) is 5.41 Å². The fraction of sp³-hybridized carbons (Fsp3) is 0.339. The van der Waals surface area contributed by atoms with E-state index in [4.69, 9.17) is 86.4 Å². The summed E-state index contributed by atoms with van der Waals surface area (Å²) < 4.78 is 48.6. The molecule has 0 saturated heterocycles. The first-order valence-electron chi connectivity index (χ1n) is 28.9. The molecule has 0 aromatic heterocycles. The maximum Gasteiger partial charge on any atom is 0.350 e. The number of hydrogen-bond acceptors (Lipinski definition) is 37. The Bertz CT molecular complexity index is 3990. The predicted molar refractivity (Wildman–Crippen MR) is 370 cm³/mol. The first-order chi connectivity index (χ1) is 48.3. The van der Waals surface area contributed by atoms with Gasteiger partial charge in [0.05, 0.1) is 123 Å². The van der Waals surface area contributed by atoms with Crippen molar-refractivity contribution < 1.29 is 117 Å². The van der Waals surface area contributed by atoms with Crippen molar-refractivity contribution in [1.82, 2.24) is 0 Å². The molecular weight excluding hydrogens is 1520 g/mol. The highest BCUT2D eigenvalue weighted by molar-refractivity contribution is 8.27. The number of fused-ring (bicyclic) bond motifs is 5. The van der Waals surface area contributed by atoms with Crippen LogP contribution in [-0.4, -0.2) is 163 Å². The number of phenols is 1. The number of thioether (sulfide) groups is 10. The number of ether oxygens (including phenoxy) is 9. The third-order valence-corrected chi connectivity index (χ3v) is 25.0. The largest absolute Gasteiger partial charge is 0.505 e. The molecule has 29 nitrogen and oxygen atoms in total. The number of hydrogen-bond donors (Lipinski definition) is 7. The van der Waals surface area contributed by atoms with Gasteiger partial charge in [-0.25, -0.2) is 19.3 Å². The average molecular weight is 1570 g/mol. The SMILES string of the molecule is CC(C)(C)C(=O)C(C#N)=C1Sc2c(OCCO)ccc(OCCO)c2S1.[C-]#[N+]/C(C(=O)OCCO)=C1\Sc2c(O)c3c(c(OC(C)=O)c2S1)S/C(=C(\C#N)C(=O)OCCO)S3.[C-]#[N+]C(C(=O)OCCO)=C1Sc2c(OC(=O)CC)c3c(c(OC(=O)CC)c2S1)SC(=C(C#N)C(=O)OCCO)S3. The maximum absolute atomic E-state index is 12.6. The number of ketones is 1. The molecular formula is C62H55N5O24S10. The monoisotopic (exact) mass is 1570 g/mol. The second kappa shape index (κ2) is 39.2. The Labute approximate surface area is 618 Å². The predicted octanol–water partition coefficient (Wildman–Crippen LogP) is 9.19. The van der Waals surface area contributed by atoms with Gasteiger partial charge in [0.25, 0.3) is 11.4 Å². The molecule has 0 fully saturated rings. The summed E-state index contributed by atoms with van der Waals surface area (Å²) in [5, 5.41) is 93.3. The lowest BCUT2D eigenvalue weighted by Gasteiger charge is -2.16. The molecule has 3 aromatic rings. The van der Waals surface area contributed by atoms with Gasteiger partial charge in [-0.05, 0) is 12.1 Å². The Hall–Kier alpha value is -7.57. The number of nitriles is 3. The van der Waals surface area contributed by atoms with Gasteiger partial charge in [-0.3, -0.25) is 28.8 Å². The summed E-state index contributed by atoms with van der Waals surface area (Å²) in [6, 6.07) is 9.02. The highest BCUT2D eigenvalue weighted by Gasteiger charge is 2.43. The zero-order valence-corrected chi connectivity index (χ0v) is 61.6. The molecule has 0 bridgehead atoms. The lowest BCUT2D eigenvalue weighted by atomic mass is 9.87. The van der Waals surface area contributed by atoms with Crippen LogP contribution in [0.5, 0.6) is 34.5 Å². The summed E-state index contributed by atoms with van der Waals surface area (Å²) in [7, 11) is 0. The molecule has 3 aromatic carbocycles. The lowest BCUT2D eigenvalue weighted by molar-refractivity contribution is -0.140. The second-order valence-electron chi connectivity index (χ2n) is 19.9. The molecule has 0 radical (unpaired) electrons. The number of Topliss-reactive ketones (excluding diaryl/α,β-unsaturated/α-hetero) is 1. The minimum absolute atomic E-state index is 0.00878.